The third kappa shape index (κ3) is 1.72. The minimum absolute atomic E-state index is 0.148. The maximum atomic E-state index is 10.9. The van der Waals surface area contributed by atoms with Gasteiger partial charge in [0.1, 0.15) is 0 Å². The Kier molecular flexibility index (Phi) is 2.76. The third-order valence-electron chi connectivity index (χ3n) is 2.00. The van der Waals surface area contributed by atoms with Crippen LogP contribution < -0.4 is 0 Å². The van der Waals surface area contributed by atoms with Crippen LogP contribution in [-0.2, 0) is 0 Å². The highest BCUT2D eigenvalue weighted by atomic mass is 32.1. The normalized spacial score (nSPS) is 10.2. The second-order valence-corrected chi connectivity index (χ2v) is 4.77. The number of carboxylic acids is 2. The molecule has 2 N–H and O–H groups in total. The molecule has 4 nitrogen and oxygen atoms in total. The molecule has 2 aromatic heterocycles. The lowest BCUT2D eigenvalue weighted by Gasteiger charge is -1.98. The summed E-state index contributed by atoms with van der Waals surface area (Å²) in [6.07, 6.45) is 0. The molecule has 0 spiro atoms. The fourth-order valence-electron chi connectivity index (χ4n) is 1.31. The molecule has 0 fully saturated rings. The number of carbonyl (C=O) groups is 2. The van der Waals surface area contributed by atoms with Gasteiger partial charge in [-0.25, -0.2) is 9.59 Å². The van der Waals surface area contributed by atoms with Crippen LogP contribution in [0, 0.1) is 0 Å². The van der Waals surface area contributed by atoms with Gasteiger partial charge in [-0.15, -0.1) is 22.7 Å². The number of hydrogen-bond acceptors (Lipinski definition) is 4. The van der Waals surface area contributed by atoms with Crippen LogP contribution in [0.4, 0.5) is 0 Å². The summed E-state index contributed by atoms with van der Waals surface area (Å²) in [6, 6.07) is 2.96. The van der Waals surface area contributed by atoms with Crippen molar-refractivity contribution < 1.29 is 19.8 Å². The molecule has 0 atom stereocenters. The summed E-state index contributed by atoms with van der Waals surface area (Å²) in [7, 11) is 0. The molecular formula is C10H6O4S2. The van der Waals surface area contributed by atoms with Crippen LogP contribution in [0.5, 0.6) is 0 Å². The second kappa shape index (κ2) is 4.07. The van der Waals surface area contributed by atoms with E-state index in [1.165, 1.54) is 34.8 Å². The number of rotatable bonds is 3. The first kappa shape index (κ1) is 10.8. The van der Waals surface area contributed by atoms with E-state index < -0.39 is 11.9 Å². The molecule has 2 rings (SSSR count). The smallest absolute Gasteiger partial charge is 0.337 e. The summed E-state index contributed by atoms with van der Waals surface area (Å²) in [5, 5.41) is 21.2. The fraction of sp³-hybridized carbons (Fsp3) is 0. The topological polar surface area (TPSA) is 74.6 Å². The Hall–Kier alpha value is -1.66. The molecule has 0 saturated carbocycles. The van der Waals surface area contributed by atoms with Gasteiger partial charge in [-0.2, -0.15) is 0 Å². The molecule has 6 heteroatoms. The molecule has 82 valence electrons. The van der Waals surface area contributed by atoms with Crippen molar-refractivity contribution in [2.45, 2.75) is 0 Å². The van der Waals surface area contributed by atoms with Crippen molar-refractivity contribution >= 4 is 34.6 Å². The van der Waals surface area contributed by atoms with Gasteiger partial charge >= 0.3 is 11.9 Å². The van der Waals surface area contributed by atoms with Gasteiger partial charge in [0.25, 0.3) is 0 Å². The van der Waals surface area contributed by atoms with Crippen LogP contribution in [0.15, 0.2) is 22.9 Å². The molecule has 0 aliphatic carbocycles. The van der Waals surface area contributed by atoms with Crippen LogP contribution in [0.1, 0.15) is 20.7 Å². The highest BCUT2D eigenvalue weighted by molar-refractivity contribution is 7.21. The predicted molar refractivity (Wildman–Crippen MR) is 61.6 cm³/mol. The average molecular weight is 254 g/mol. The zero-order chi connectivity index (χ0) is 11.7. The standard InChI is InChI=1S/C10H6O4S2/c11-9(12)5-1-3-15-7(5)8-6(10(13)14)2-4-16-8/h1-4H,(H,11,12)(H,13,14). The number of aromatic carboxylic acids is 2. The Balaban J connectivity index is 2.59. The Morgan fingerprint density at radius 1 is 0.875 bits per heavy atom. The first-order valence-corrected chi connectivity index (χ1v) is 5.99. The molecular weight excluding hydrogens is 248 g/mol. The van der Waals surface area contributed by atoms with Crippen LogP contribution in [0.2, 0.25) is 0 Å². The molecule has 0 saturated heterocycles. The summed E-state index contributed by atoms with van der Waals surface area (Å²) in [6.45, 7) is 0. The minimum atomic E-state index is -1.04. The molecule has 0 amide bonds. The quantitative estimate of drug-likeness (QED) is 0.883. The first-order chi connectivity index (χ1) is 7.61. The van der Waals surface area contributed by atoms with Crippen LogP contribution in [0.3, 0.4) is 0 Å². The lowest BCUT2D eigenvalue weighted by Crippen LogP contribution is -1.98. The Bertz CT molecular complexity index is 502. The van der Waals surface area contributed by atoms with Crippen molar-refractivity contribution in [3.63, 3.8) is 0 Å². The van der Waals surface area contributed by atoms with E-state index in [1.807, 2.05) is 0 Å². The zero-order valence-corrected chi connectivity index (χ0v) is 9.47. The van der Waals surface area contributed by atoms with Crippen LogP contribution in [0.25, 0.3) is 9.75 Å². The highest BCUT2D eigenvalue weighted by Crippen LogP contribution is 2.36. The van der Waals surface area contributed by atoms with Gasteiger partial charge in [-0.05, 0) is 22.9 Å². The average Bonchev–Trinajstić information content (AvgIpc) is 2.85. The summed E-state index contributed by atoms with van der Waals surface area (Å²) in [4.78, 5) is 22.8. The van der Waals surface area contributed by atoms with E-state index in [9.17, 15) is 9.59 Å². The van der Waals surface area contributed by atoms with Gasteiger partial charge in [-0.1, -0.05) is 0 Å². The molecule has 0 unspecified atom stereocenters. The van der Waals surface area contributed by atoms with E-state index in [1.54, 1.807) is 10.8 Å². The molecule has 2 heterocycles. The van der Waals surface area contributed by atoms with Crippen LogP contribution >= 0.6 is 22.7 Å². The predicted octanol–water partition coefficient (Wildman–Crippen LogP) is 2.87. The van der Waals surface area contributed by atoms with Gasteiger partial charge in [0.05, 0.1) is 20.9 Å². The summed E-state index contributed by atoms with van der Waals surface area (Å²) in [5.41, 5.74) is 0.296. The monoisotopic (exact) mass is 254 g/mol. The zero-order valence-electron chi connectivity index (χ0n) is 7.84. The highest BCUT2D eigenvalue weighted by Gasteiger charge is 2.19. The molecule has 0 aliphatic rings. The molecule has 2 aromatic rings. The SMILES string of the molecule is O=C(O)c1ccsc1-c1sccc1C(=O)O. The summed E-state index contributed by atoms with van der Waals surface area (Å²) in [5.74, 6) is -2.08. The fourth-order valence-corrected chi connectivity index (χ4v) is 3.27. The van der Waals surface area contributed by atoms with E-state index in [0.29, 0.717) is 9.75 Å². The van der Waals surface area contributed by atoms with Crippen molar-refractivity contribution in [1.29, 1.82) is 0 Å². The van der Waals surface area contributed by atoms with Crippen molar-refractivity contribution in [3.05, 3.63) is 34.0 Å². The maximum Gasteiger partial charge on any atom is 0.337 e. The van der Waals surface area contributed by atoms with Gasteiger partial charge in [0, 0.05) is 0 Å². The second-order valence-electron chi connectivity index (χ2n) is 2.94. The van der Waals surface area contributed by atoms with Crippen molar-refractivity contribution in [3.8, 4) is 9.75 Å². The number of carboxylic acid groups (broad SMARTS) is 2. The van der Waals surface area contributed by atoms with Gasteiger partial charge in [0.15, 0.2) is 0 Å². The van der Waals surface area contributed by atoms with E-state index in [-0.39, 0.29) is 11.1 Å². The summed E-state index contributed by atoms with van der Waals surface area (Å²) >= 11 is 2.47. The van der Waals surface area contributed by atoms with Gasteiger partial charge < -0.3 is 10.2 Å². The van der Waals surface area contributed by atoms with Crippen molar-refractivity contribution in [2.75, 3.05) is 0 Å². The first-order valence-electron chi connectivity index (χ1n) is 4.23. The van der Waals surface area contributed by atoms with Gasteiger partial charge in [-0.3, -0.25) is 0 Å². The Morgan fingerprint density at radius 2 is 1.25 bits per heavy atom. The minimum Gasteiger partial charge on any atom is -0.478 e. The van der Waals surface area contributed by atoms with E-state index in [4.69, 9.17) is 10.2 Å². The molecule has 0 aromatic carbocycles. The lowest BCUT2D eigenvalue weighted by molar-refractivity contribution is 0.0685. The van der Waals surface area contributed by atoms with Gasteiger partial charge in [0.2, 0.25) is 0 Å². The van der Waals surface area contributed by atoms with Crippen molar-refractivity contribution in [2.24, 2.45) is 0 Å². The summed E-state index contributed by atoms with van der Waals surface area (Å²) < 4.78 is 0. The molecule has 0 bridgehead atoms. The maximum absolute atomic E-state index is 10.9. The number of thiophene rings is 2. The van der Waals surface area contributed by atoms with E-state index in [0.717, 1.165) is 0 Å². The van der Waals surface area contributed by atoms with E-state index in [2.05, 4.69) is 0 Å². The number of hydrogen-bond donors (Lipinski definition) is 2. The Morgan fingerprint density at radius 3 is 1.56 bits per heavy atom. The van der Waals surface area contributed by atoms with E-state index >= 15 is 0 Å². The molecule has 0 aliphatic heterocycles. The lowest BCUT2D eigenvalue weighted by atomic mass is 10.2. The molecule has 16 heavy (non-hydrogen) atoms. The van der Waals surface area contributed by atoms with Crippen molar-refractivity contribution in [1.82, 2.24) is 0 Å². The van der Waals surface area contributed by atoms with Crippen LogP contribution in [-0.4, -0.2) is 22.2 Å². The largest absolute Gasteiger partial charge is 0.478 e. The molecule has 0 radical (unpaired) electrons. The third-order valence-corrected chi connectivity index (χ3v) is 3.99. The Labute approximate surface area is 98.4 Å².